The summed E-state index contributed by atoms with van der Waals surface area (Å²) in [6.07, 6.45) is 3.54. The van der Waals surface area contributed by atoms with E-state index in [0.29, 0.717) is 16.2 Å². The molecular formula is C22H20N3O3S+. The van der Waals surface area contributed by atoms with Crippen molar-refractivity contribution in [3.8, 4) is 0 Å². The molecule has 0 saturated carbocycles. The summed E-state index contributed by atoms with van der Waals surface area (Å²) < 4.78 is 1.70. The summed E-state index contributed by atoms with van der Waals surface area (Å²) in [4.78, 5) is 10.7. The number of non-ortho nitro benzene ring substituents is 1. The number of hydrogen-bond acceptors (Lipinski definition) is 4. The number of nitro benzene ring substituents is 1. The highest BCUT2D eigenvalue weighted by Crippen LogP contribution is 2.22. The molecule has 2 aromatic carbocycles. The summed E-state index contributed by atoms with van der Waals surface area (Å²) in [5.41, 5.74) is 3.84. The van der Waals surface area contributed by atoms with Crippen molar-refractivity contribution < 1.29 is 14.6 Å². The van der Waals surface area contributed by atoms with Crippen molar-refractivity contribution in [2.24, 2.45) is 0 Å². The number of nitrogens with zero attached hydrogens (tertiary/aromatic N) is 2. The normalized spacial score (nSPS) is 11.5. The van der Waals surface area contributed by atoms with Crippen molar-refractivity contribution in [1.82, 2.24) is 0 Å². The van der Waals surface area contributed by atoms with Gasteiger partial charge >= 0.3 is 0 Å². The highest BCUT2D eigenvalue weighted by Gasteiger charge is 2.24. The lowest BCUT2D eigenvalue weighted by Crippen LogP contribution is -2.38. The fourth-order valence-corrected chi connectivity index (χ4v) is 3.10. The Balaban J connectivity index is 2.04. The number of aliphatic hydroxyl groups excluding tert-OH is 1. The molecule has 0 amide bonds. The lowest BCUT2D eigenvalue weighted by atomic mass is 10.1. The molecule has 1 aromatic heterocycles. The molecule has 0 fully saturated rings. The van der Waals surface area contributed by atoms with Crippen LogP contribution in [0.15, 0.2) is 73.1 Å². The summed E-state index contributed by atoms with van der Waals surface area (Å²) in [7, 11) is 0. The molecule has 0 bridgehead atoms. The average Bonchev–Trinajstić information content (AvgIpc) is 2.71. The third-order valence-electron chi connectivity index (χ3n) is 4.53. The van der Waals surface area contributed by atoms with Crippen molar-refractivity contribution in [3.63, 3.8) is 0 Å². The molecule has 0 spiro atoms. The maximum Gasteiger partial charge on any atom is 0.288 e. The molecular weight excluding hydrogens is 386 g/mol. The van der Waals surface area contributed by atoms with Gasteiger partial charge in [-0.1, -0.05) is 24.4 Å². The Morgan fingerprint density at radius 2 is 1.69 bits per heavy atom. The molecule has 29 heavy (non-hydrogen) atoms. The number of anilines is 1. The predicted molar refractivity (Wildman–Crippen MR) is 118 cm³/mol. The molecule has 1 heterocycles. The van der Waals surface area contributed by atoms with Gasteiger partial charge in [0.1, 0.15) is 0 Å². The molecule has 2 N–H and O–H groups in total. The zero-order valence-corrected chi connectivity index (χ0v) is 16.8. The standard InChI is InChI=1S/C22H19N3O3S/c1-15-6-9-18(14-16(15)2)23-22(29)20(24-12-4-3-5-13-24)21(26)17-7-10-19(11-8-17)25(27)28/h3-14H,1-2H3,(H-,23,26,29)/p+1. The van der Waals surface area contributed by atoms with E-state index in [1.165, 1.54) is 29.8 Å². The lowest BCUT2D eigenvalue weighted by molar-refractivity contribution is -0.575. The van der Waals surface area contributed by atoms with Crippen LogP contribution in [-0.2, 0) is 0 Å². The van der Waals surface area contributed by atoms with Crippen molar-refractivity contribution in [2.45, 2.75) is 13.8 Å². The van der Waals surface area contributed by atoms with Gasteiger partial charge in [0.15, 0.2) is 23.1 Å². The first kappa shape index (κ1) is 20.2. The Morgan fingerprint density at radius 1 is 1.03 bits per heavy atom. The van der Waals surface area contributed by atoms with E-state index in [9.17, 15) is 15.2 Å². The van der Waals surface area contributed by atoms with Gasteiger partial charge in [0, 0.05) is 35.5 Å². The second-order valence-electron chi connectivity index (χ2n) is 6.54. The smallest absolute Gasteiger partial charge is 0.288 e. The Kier molecular flexibility index (Phi) is 5.99. The molecule has 0 saturated heterocycles. The second-order valence-corrected chi connectivity index (χ2v) is 6.95. The SMILES string of the molecule is Cc1ccc(NC(=S)/C(=C(\O)c2ccc([N+](=O)[O-])cc2)[n+]2ccccc2)cc1C. The third kappa shape index (κ3) is 4.64. The van der Waals surface area contributed by atoms with Crippen molar-refractivity contribution in [3.05, 3.63) is 99.9 Å². The number of aryl methyl sites for hydroxylation is 2. The number of pyridine rings is 1. The molecule has 0 atom stereocenters. The first-order valence-corrected chi connectivity index (χ1v) is 9.31. The zero-order chi connectivity index (χ0) is 21.0. The van der Waals surface area contributed by atoms with Crippen LogP contribution >= 0.6 is 12.2 Å². The van der Waals surface area contributed by atoms with Crippen LogP contribution in [0.5, 0.6) is 0 Å². The molecule has 0 unspecified atom stereocenters. The minimum atomic E-state index is -0.483. The molecule has 0 aliphatic heterocycles. The first-order chi connectivity index (χ1) is 13.9. The number of hydrogen-bond donors (Lipinski definition) is 2. The molecule has 6 nitrogen and oxygen atoms in total. The van der Waals surface area contributed by atoms with Gasteiger partial charge in [-0.05, 0) is 49.2 Å². The van der Waals surface area contributed by atoms with E-state index < -0.39 is 4.92 Å². The van der Waals surface area contributed by atoms with E-state index in [-0.39, 0.29) is 11.4 Å². The highest BCUT2D eigenvalue weighted by atomic mass is 32.1. The van der Waals surface area contributed by atoms with Crippen LogP contribution in [0.3, 0.4) is 0 Å². The summed E-state index contributed by atoms with van der Waals surface area (Å²) in [5, 5.41) is 25.0. The van der Waals surface area contributed by atoms with E-state index in [2.05, 4.69) is 5.32 Å². The summed E-state index contributed by atoms with van der Waals surface area (Å²) in [6, 6.07) is 17.1. The minimum absolute atomic E-state index is 0.0497. The fraction of sp³-hybridized carbons (Fsp3) is 0.0909. The zero-order valence-electron chi connectivity index (χ0n) is 16.0. The number of aromatic nitrogens is 1. The van der Waals surface area contributed by atoms with E-state index in [1.54, 1.807) is 17.0 Å². The van der Waals surface area contributed by atoms with Crippen LogP contribution in [-0.4, -0.2) is 15.0 Å². The molecule has 3 aromatic rings. The Hall–Kier alpha value is -3.58. The molecule has 146 valence electrons. The molecule has 0 aliphatic rings. The number of nitro groups is 1. The van der Waals surface area contributed by atoms with Gasteiger partial charge in [-0.15, -0.1) is 0 Å². The fourth-order valence-electron chi connectivity index (χ4n) is 2.78. The number of rotatable bonds is 5. The van der Waals surface area contributed by atoms with Crippen molar-refractivity contribution >= 4 is 40.0 Å². The van der Waals surface area contributed by atoms with E-state index in [1.807, 2.05) is 50.2 Å². The quantitative estimate of drug-likeness (QED) is 0.159. The van der Waals surface area contributed by atoms with E-state index >= 15 is 0 Å². The van der Waals surface area contributed by atoms with E-state index in [4.69, 9.17) is 12.2 Å². The van der Waals surface area contributed by atoms with Crippen molar-refractivity contribution in [1.29, 1.82) is 0 Å². The second kappa shape index (κ2) is 8.62. The van der Waals surface area contributed by atoms with Crippen LogP contribution in [0.4, 0.5) is 11.4 Å². The summed E-state index contributed by atoms with van der Waals surface area (Å²) >= 11 is 5.60. The van der Waals surface area contributed by atoms with Crippen LogP contribution in [0.25, 0.3) is 11.5 Å². The van der Waals surface area contributed by atoms with Gasteiger partial charge in [0.2, 0.25) is 0 Å². The third-order valence-corrected chi connectivity index (χ3v) is 4.82. The van der Waals surface area contributed by atoms with E-state index in [0.717, 1.165) is 11.3 Å². The number of benzene rings is 2. The van der Waals surface area contributed by atoms with Crippen LogP contribution in [0.2, 0.25) is 0 Å². The highest BCUT2D eigenvalue weighted by molar-refractivity contribution is 7.81. The van der Waals surface area contributed by atoms with Gasteiger partial charge in [-0.3, -0.25) is 10.1 Å². The monoisotopic (exact) mass is 406 g/mol. The van der Waals surface area contributed by atoms with Gasteiger partial charge in [0.05, 0.1) is 4.92 Å². The summed E-state index contributed by atoms with van der Waals surface area (Å²) in [6.45, 7) is 4.05. The Morgan fingerprint density at radius 3 is 2.28 bits per heavy atom. The minimum Gasteiger partial charge on any atom is -0.502 e. The molecule has 3 rings (SSSR count). The predicted octanol–water partition coefficient (Wildman–Crippen LogP) is 4.82. The Bertz CT molecular complexity index is 1090. The lowest BCUT2D eigenvalue weighted by Gasteiger charge is -2.11. The van der Waals surface area contributed by atoms with Gasteiger partial charge in [0.25, 0.3) is 11.4 Å². The maximum atomic E-state index is 11.0. The molecule has 7 heteroatoms. The topological polar surface area (TPSA) is 79.3 Å². The Labute approximate surface area is 173 Å². The number of aliphatic hydroxyl groups is 1. The summed E-state index contributed by atoms with van der Waals surface area (Å²) in [5.74, 6) is -0.0857. The van der Waals surface area contributed by atoms with Gasteiger partial charge in [-0.2, -0.15) is 4.57 Å². The maximum absolute atomic E-state index is 11.0. The van der Waals surface area contributed by atoms with Crippen LogP contribution in [0.1, 0.15) is 16.7 Å². The largest absolute Gasteiger partial charge is 0.502 e. The average molecular weight is 406 g/mol. The van der Waals surface area contributed by atoms with Crippen LogP contribution < -0.4 is 9.88 Å². The number of thiocarbonyl (C=S) groups is 1. The number of nitrogens with one attached hydrogen (secondary N) is 1. The van der Waals surface area contributed by atoms with Gasteiger partial charge < -0.3 is 10.4 Å². The van der Waals surface area contributed by atoms with Crippen LogP contribution in [0, 0.1) is 24.0 Å². The van der Waals surface area contributed by atoms with Gasteiger partial charge in [-0.25, -0.2) is 0 Å². The van der Waals surface area contributed by atoms with Crippen molar-refractivity contribution in [2.75, 3.05) is 5.32 Å². The first-order valence-electron chi connectivity index (χ1n) is 8.90. The molecule has 0 aliphatic carbocycles. The molecule has 0 radical (unpaired) electrons.